The fourth-order valence-corrected chi connectivity index (χ4v) is 4.43. The summed E-state index contributed by atoms with van der Waals surface area (Å²) in [6, 6.07) is 22.7. The molecule has 9 heteroatoms. The van der Waals surface area contributed by atoms with Gasteiger partial charge in [-0.1, -0.05) is 54.6 Å². The van der Waals surface area contributed by atoms with Crippen molar-refractivity contribution in [2.45, 2.75) is 18.5 Å². The standard InChI is InChI=1S/C25H21N5O4/c1-34-19-13-11-18(12-14-19)22-15-23(17-7-3-2-4-8-17)29-25(26-16-27-29)28(22)24(31)20-9-5-6-10-21(20)30(32)33/h2-14,16,22-23H,15H2,1H3/t22-,23+/m1/s1. The molecule has 1 aliphatic rings. The molecule has 0 unspecified atom stereocenters. The molecule has 1 amide bonds. The van der Waals surface area contributed by atoms with Gasteiger partial charge < -0.3 is 4.74 Å². The summed E-state index contributed by atoms with van der Waals surface area (Å²) in [7, 11) is 1.59. The first-order valence-electron chi connectivity index (χ1n) is 10.7. The fraction of sp³-hybridized carbons (Fsp3) is 0.160. The second-order valence-corrected chi connectivity index (χ2v) is 7.91. The molecule has 2 heterocycles. The predicted octanol–water partition coefficient (Wildman–Crippen LogP) is 4.58. The molecule has 170 valence electrons. The lowest BCUT2D eigenvalue weighted by molar-refractivity contribution is -0.385. The number of methoxy groups -OCH3 is 1. The predicted molar refractivity (Wildman–Crippen MR) is 125 cm³/mol. The van der Waals surface area contributed by atoms with Gasteiger partial charge in [0.1, 0.15) is 17.6 Å². The number of rotatable bonds is 5. The first kappa shape index (κ1) is 21.3. The van der Waals surface area contributed by atoms with E-state index in [4.69, 9.17) is 4.74 Å². The maximum atomic E-state index is 13.9. The number of carbonyl (C=O) groups excluding carboxylic acids is 1. The van der Waals surface area contributed by atoms with Gasteiger partial charge in [-0.3, -0.25) is 19.8 Å². The van der Waals surface area contributed by atoms with E-state index in [-0.39, 0.29) is 17.3 Å². The van der Waals surface area contributed by atoms with Gasteiger partial charge in [-0.25, -0.2) is 4.68 Å². The summed E-state index contributed by atoms with van der Waals surface area (Å²) in [5.41, 5.74) is 1.64. The van der Waals surface area contributed by atoms with E-state index in [1.165, 1.54) is 23.4 Å². The number of hydrogen-bond donors (Lipinski definition) is 0. The van der Waals surface area contributed by atoms with Crippen LogP contribution in [0, 0.1) is 10.1 Å². The van der Waals surface area contributed by atoms with Gasteiger partial charge in [0.05, 0.1) is 24.1 Å². The molecule has 9 nitrogen and oxygen atoms in total. The molecule has 0 aliphatic carbocycles. The summed E-state index contributed by atoms with van der Waals surface area (Å²) in [5.74, 6) is 0.525. The van der Waals surface area contributed by atoms with Crippen LogP contribution in [0.4, 0.5) is 11.6 Å². The van der Waals surface area contributed by atoms with Crippen molar-refractivity contribution >= 4 is 17.5 Å². The number of nitro benzene ring substituents is 1. The summed E-state index contributed by atoms with van der Waals surface area (Å²) in [4.78, 5) is 30.9. The van der Waals surface area contributed by atoms with E-state index in [1.807, 2.05) is 54.6 Å². The summed E-state index contributed by atoms with van der Waals surface area (Å²) < 4.78 is 7.00. The molecule has 0 saturated heterocycles. The summed E-state index contributed by atoms with van der Waals surface area (Å²) >= 11 is 0. The average Bonchev–Trinajstić information content (AvgIpc) is 3.38. The molecule has 1 aliphatic heterocycles. The second kappa shape index (κ2) is 8.78. The molecule has 5 rings (SSSR count). The molecule has 0 spiro atoms. The van der Waals surface area contributed by atoms with Crippen LogP contribution >= 0.6 is 0 Å². The maximum absolute atomic E-state index is 13.9. The van der Waals surface area contributed by atoms with Crippen LogP contribution in [0.5, 0.6) is 5.75 Å². The van der Waals surface area contributed by atoms with Crippen LogP contribution in [0.15, 0.2) is 85.2 Å². The normalized spacial score (nSPS) is 17.1. The monoisotopic (exact) mass is 455 g/mol. The van der Waals surface area contributed by atoms with E-state index >= 15 is 0 Å². The van der Waals surface area contributed by atoms with Crippen LogP contribution in [-0.2, 0) is 0 Å². The maximum Gasteiger partial charge on any atom is 0.282 e. The second-order valence-electron chi connectivity index (χ2n) is 7.91. The number of ether oxygens (including phenoxy) is 1. The highest BCUT2D eigenvalue weighted by Crippen LogP contribution is 2.43. The number of hydrogen-bond acceptors (Lipinski definition) is 6. The number of aromatic nitrogens is 3. The van der Waals surface area contributed by atoms with Crippen molar-refractivity contribution in [3.63, 3.8) is 0 Å². The third kappa shape index (κ3) is 3.66. The van der Waals surface area contributed by atoms with E-state index in [1.54, 1.807) is 23.9 Å². The van der Waals surface area contributed by atoms with Gasteiger partial charge in [0.15, 0.2) is 0 Å². The molecule has 0 fully saturated rings. The molecule has 0 bridgehead atoms. The highest BCUT2D eigenvalue weighted by atomic mass is 16.6. The number of benzene rings is 3. The van der Waals surface area contributed by atoms with Crippen molar-refractivity contribution in [1.82, 2.24) is 14.8 Å². The minimum Gasteiger partial charge on any atom is -0.497 e. The molecular formula is C25H21N5O4. The minimum atomic E-state index is -0.545. The van der Waals surface area contributed by atoms with Gasteiger partial charge in [0.2, 0.25) is 5.95 Å². The number of carbonyl (C=O) groups is 1. The number of nitro groups is 1. The van der Waals surface area contributed by atoms with Crippen LogP contribution in [0.25, 0.3) is 0 Å². The van der Waals surface area contributed by atoms with Crippen molar-refractivity contribution in [2.75, 3.05) is 12.0 Å². The van der Waals surface area contributed by atoms with Crippen LogP contribution in [0.1, 0.15) is 40.0 Å². The number of nitrogens with zero attached hydrogens (tertiary/aromatic N) is 5. The topological polar surface area (TPSA) is 103 Å². The van der Waals surface area contributed by atoms with Gasteiger partial charge in [0.25, 0.3) is 11.6 Å². The summed E-state index contributed by atoms with van der Waals surface area (Å²) in [6.07, 6.45) is 1.92. The zero-order chi connectivity index (χ0) is 23.7. The van der Waals surface area contributed by atoms with Gasteiger partial charge in [0, 0.05) is 6.07 Å². The van der Waals surface area contributed by atoms with E-state index in [0.29, 0.717) is 18.1 Å². The Morgan fingerprint density at radius 2 is 1.65 bits per heavy atom. The lowest BCUT2D eigenvalue weighted by Crippen LogP contribution is -2.42. The van der Waals surface area contributed by atoms with E-state index < -0.39 is 16.9 Å². The molecule has 0 N–H and O–H groups in total. The Kier molecular flexibility index (Phi) is 5.51. The third-order valence-corrected chi connectivity index (χ3v) is 6.06. The Labute approximate surface area is 195 Å². The van der Waals surface area contributed by atoms with Crippen molar-refractivity contribution in [3.05, 3.63) is 112 Å². The molecule has 34 heavy (non-hydrogen) atoms. The van der Waals surface area contributed by atoms with Gasteiger partial charge in [-0.2, -0.15) is 10.1 Å². The molecule has 0 saturated carbocycles. The highest BCUT2D eigenvalue weighted by molar-refractivity contribution is 6.08. The Morgan fingerprint density at radius 1 is 0.971 bits per heavy atom. The lowest BCUT2D eigenvalue weighted by Gasteiger charge is -2.39. The van der Waals surface area contributed by atoms with Crippen molar-refractivity contribution in [3.8, 4) is 5.75 Å². The molecule has 0 radical (unpaired) electrons. The minimum absolute atomic E-state index is 0.00118. The third-order valence-electron chi connectivity index (χ3n) is 6.06. The van der Waals surface area contributed by atoms with Gasteiger partial charge >= 0.3 is 0 Å². The number of anilines is 1. The number of amides is 1. The summed E-state index contributed by atoms with van der Waals surface area (Å²) in [5, 5.41) is 16.1. The molecule has 1 aromatic heterocycles. The lowest BCUT2D eigenvalue weighted by atomic mass is 9.91. The zero-order valence-corrected chi connectivity index (χ0v) is 18.3. The smallest absolute Gasteiger partial charge is 0.282 e. The van der Waals surface area contributed by atoms with Crippen molar-refractivity contribution < 1.29 is 14.5 Å². The Balaban J connectivity index is 1.66. The average molecular weight is 455 g/mol. The van der Waals surface area contributed by atoms with Crippen LogP contribution in [0.3, 0.4) is 0 Å². The van der Waals surface area contributed by atoms with Gasteiger partial charge in [-0.15, -0.1) is 0 Å². The quantitative estimate of drug-likeness (QED) is 0.322. The first-order chi connectivity index (χ1) is 16.6. The fourth-order valence-electron chi connectivity index (χ4n) is 4.43. The first-order valence-corrected chi connectivity index (χ1v) is 10.7. The highest BCUT2D eigenvalue weighted by Gasteiger charge is 2.41. The zero-order valence-electron chi connectivity index (χ0n) is 18.3. The van der Waals surface area contributed by atoms with E-state index in [2.05, 4.69) is 10.1 Å². The van der Waals surface area contributed by atoms with Crippen LogP contribution in [0.2, 0.25) is 0 Å². The van der Waals surface area contributed by atoms with E-state index in [9.17, 15) is 14.9 Å². The molecule has 2 atom stereocenters. The molecule has 4 aromatic rings. The Hall–Kier alpha value is -4.53. The summed E-state index contributed by atoms with van der Waals surface area (Å²) in [6.45, 7) is 0. The molecule has 3 aromatic carbocycles. The Bertz CT molecular complexity index is 1340. The van der Waals surface area contributed by atoms with E-state index in [0.717, 1.165) is 11.1 Å². The van der Waals surface area contributed by atoms with Crippen LogP contribution < -0.4 is 9.64 Å². The number of para-hydroxylation sites is 1. The number of fused-ring (bicyclic) bond motifs is 1. The molecular weight excluding hydrogens is 434 g/mol. The van der Waals surface area contributed by atoms with Crippen molar-refractivity contribution in [1.29, 1.82) is 0 Å². The van der Waals surface area contributed by atoms with Gasteiger partial charge in [-0.05, 0) is 35.7 Å². The SMILES string of the molecule is COc1ccc([C@H]2C[C@@H](c3ccccc3)n3ncnc3N2C(=O)c2ccccc2[N+](=O)[O-])cc1. The van der Waals surface area contributed by atoms with Crippen LogP contribution in [-0.4, -0.2) is 32.7 Å². The van der Waals surface area contributed by atoms with Crippen molar-refractivity contribution in [2.24, 2.45) is 0 Å². The largest absolute Gasteiger partial charge is 0.497 e. The Morgan fingerprint density at radius 3 is 2.35 bits per heavy atom.